The molecule has 1 aromatic heterocycles. The average molecular weight is 495 g/mol. The third-order valence-corrected chi connectivity index (χ3v) is 5.99. The zero-order chi connectivity index (χ0) is 24.6. The fraction of sp³-hybridized carbons (Fsp3) is 0.304. The lowest BCUT2D eigenvalue weighted by Gasteiger charge is -2.33. The second-order valence-corrected chi connectivity index (χ2v) is 8.26. The van der Waals surface area contributed by atoms with Gasteiger partial charge in [-0.3, -0.25) is 4.79 Å². The summed E-state index contributed by atoms with van der Waals surface area (Å²) in [5.41, 5.74) is 1.68. The Labute approximate surface area is 198 Å². The molecule has 1 amide bonds. The second kappa shape index (κ2) is 9.09. The molecule has 1 aliphatic heterocycles. The maximum Gasteiger partial charge on any atom is 0.410 e. The Morgan fingerprint density at radius 1 is 1.15 bits per heavy atom. The number of nitrogens with zero attached hydrogens (tertiary/aromatic N) is 2. The molecule has 11 heteroatoms. The number of hydrogen-bond donors (Lipinski definition) is 2. The Kier molecular flexibility index (Phi) is 6.35. The molecule has 0 unspecified atom stereocenters. The van der Waals surface area contributed by atoms with Crippen LogP contribution in [-0.4, -0.2) is 36.1 Å². The molecule has 2 N–H and O–H groups in total. The molecule has 7 nitrogen and oxygen atoms in total. The minimum absolute atomic E-state index is 0.0571. The van der Waals surface area contributed by atoms with Gasteiger partial charge in [0.2, 0.25) is 0 Å². The SMILES string of the molecule is COc1ccc(NC(=O)c2nn3c(c2Cl)N[C@H](c2ccc(C)cc2)C[C@H]3C(F)(F)F)cc1OC. The number of alkyl halides is 3. The number of methoxy groups -OCH3 is 2. The van der Waals surface area contributed by atoms with E-state index in [0.29, 0.717) is 22.7 Å². The number of hydrogen-bond acceptors (Lipinski definition) is 5. The first kappa shape index (κ1) is 23.7. The molecule has 0 saturated carbocycles. The molecular weight excluding hydrogens is 473 g/mol. The molecule has 0 saturated heterocycles. The number of carbonyl (C=O) groups is 1. The van der Waals surface area contributed by atoms with Gasteiger partial charge in [-0.25, -0.2) is 4.68 Å². The molecule has 2 atom stereocenters. The quantitative estimate of drug-likeness (QED) is 0.470. The number of anilines is 2. The van der Waals surface area contributed by atoms with Crippen LogP contribution in [0.5, 0.6) is 11.5 Å². The number of aromatic nitrogens is 2. The van der Waals surface area contributed by atoms with E-state index in [-0.39, 0.29) is 23.0 Å². The molecule has 0 spiro atoms. The molecule has 0 radical (unpaired) electrons. The Morgan fingerprint density at radius 2 is 1.82 bits per heavy atom. The van der Waals surface area contributed by atoms with E-state index >= 15 is 0 Å². The number of benzene rings is 2. The normalized spacial score (nSPS) is 17.5. The first-order chi connectivity index (χ1) is 16.1. The van der Waals surface area contributed by atoms with Crippen molar-refractivity contribution in [2.45, 2.75) is 31.6 Å². The Morgan fingerprint density at radius 3 is 2.44 bits per heavy atom. The van der Waals surface area contributed by atoms with Gasteiger partial charge in [0.15, 0.2) is 23.2 Å². The summed E-state index contributed by atoms with van der Waals surface area (Å²) in [7, 11) is 2.91. The summed E-state index contributed by atoms with van der Waals surface area (Å²) in [6.45, 7) is 1.89. The summed E-state index contributed by atoms with van der Waals surface area (Å²) in [4.78, 5) is 12.9. The van der Waals surface area contributed by atoms with Crippen molar-refractivity contribution in [1.82, 2.24) is 9.78 Å². The van der Waals surface area contributed by atoms with Crippen molar-refractivity contribution < 1.29 is 27.4 Å². The zero-order valence-corrected chi connectivity index (χ0v) is 19.3. The van der Waals surface area contributed by atoms with Crippen LogP contribution in [0.15, 0.2) is 42.5 Å². The van der Waals surface area contributed by atoms with E-state index in [0.717, 1.165) is 10.2 Å². The predicted octanol–water partition coefficient (Wildman–Crippen LogP) is 5.77. The van der Waals surface area contributed by atoms with Crippen molar-refractivity contribution in [3.05, 3.63) is 64.3 Å². The first-order valence-electron chi connectivity index (χ1n) is 10.3. The van der Waals surface area contributed by atoms with Gasteiger partial charge in [-0.1, -0.05) is 41.4 Å². The molecule has 2 heterocycles. The minimum atomic E-state index is -4.59. The van der Waals surface area contributed by atoms with Crippen LogP contribution in [0.2, 0.25) is 5.02 Å². The summed E-state index contributed by atoms with van der Waals surface area (Å²) < 4.78 is 53.0. The third-order valence-electron chi connectivity index (χ3n) is 5.63. The number of rotatable bonds is 5. The van der Waals surface area contributed by atoms with Crippen LogP contribution >= 0.6 is 11.6 Å². The van der Waals surface area contributed by atoms with Gasteiger partial charge in [0.1, 0.15) is 10.8 Å². The van der Waals surface area contributed by atoms with E-state index in [2.05, 4.69) is 15.7 Å². The van der Waals surface area contributed by atoms with Gasteiger partial charge in [0.25, 0.3) is 5.91 Å². The predicted molar refractivity (Wildman–Crippen MR) is 122 cm³/mol. The first-order valence-corrected chi connectivity index (χ1v) is 10.7. The fourth-order valence-electron chi connectivity index (χ4n) is 3.86. The molecule has 180 valence electrons. The van der Waals surface area contributed by atoms with Gasteiger partial charge in [-0.15, -0.1) is 0 Å². The number of ether oxygens (including phenoxy) is 2. The van der Waals surface area contributed by atoms with Crippen molar-refractivity contribution in [3.63, 3.8) is 0 Å². The number of amides is 1. The van der Waals surface area contributed by atoms with E-state index < -0.39 is 24.2 Å². The van der Waals surface area contributed by atoms with E-state index in [4.69, 9.17) is 21.1 Å². The van der Waals surface area contributed by atoms with Gasteiger partial charge >= 0.3 is 6.18 Å². The van der Waals surface area contributed by atoms with E-state index in [1.165, 1.54) is 20.3 Å². The number of fused-ring (bicyclic) bond motifs is 1. The molecule has 0 aliphatic carbocycles. The molecule has 34 heavy (non-hydrogen) atoms. The molecule has 3 aromatic rings. The largest absolute Gasteiger partial charge is 0.493 e. The Bertz CT molecular complexity index is 1210. The summed E-state index contributed by atoms with van der Waals surface area (Å²) in [6.07, 6.45) is -4.89. The van der Waals surface area contributed by atoms with Crippen molar-refractivity contribution in [1.29, 1.82) is 0 Å². The smallest absolute Gasteiger partial charge is 0.410 e. The van der Waals surface area contributed by atoms with Gasteiger partial charge in [0.05, 0.1) is 20.3 Å². The summed E-state index contributed by atoms with van der Waals surface area (Å²) >= 11 is 6.38. The van der Waals surface area contributed by atoms with Crippen LogP contribution < -0.4 is 20.1 Å². The van der Waals surface area contributed by atoms with Crippen molar-refractivity contribution in [2.24, 2.45) is 0 Å². The maximum absolute atomic E-state index is 14.0. The molecule has 0 bridgehead atoms. The van der Waals surface area contributed by atoms with E-state index in [9.17, 15) is 18.0 Å². The lowest BCUT2D eigenvalue weighted by atomic mass is 9.96. The van der Waals surface area contributed by atoms with Gasteiger partial charge < -0.3 is 20.1 Å². The summed E-state index contributed by atoms with van der Waals surface area (Å²) in [5.74, 6) is 0.0117. The molecular formula is C23H22ClF3N4O3. The second-order valence-electron chi connectivity index (χ2n) is 7.88. The minimum Gasteiger partial charge on any atom is -0.493 e. The Balaban J connectivity index is 1.67. The van der Waals surface area contributed by atoms with E-state index in [1.807, 2.05) is 19.1 Å². The molecule has 2 aromatic carbocycles. The topological polar surface area (TPSA) is 77.4 Å². The number of carbonyl (C=O) groups excluding carboxylic acids is 1. The highest BCUT2D eigenvalue weighted by molar-refractivity contribution is 6.36. The van der Waals surface area contributed by atoms with Crippen molar-refractivity contribution >= 4 is 29.0 Å². The third kappa shape index (κ3) is 4.50. The highest BCUT2D eigenvalue weighted by atomic mass is 35.5. The highest BCUT2D eigenvalue weighted by Crippen LogP contribution is 2.46. The number of halogens is 4. The highest BCUT2D eigenvalue weighted by Gasteiger charge is 2.47. The van der Waals surface area contributed by atoms with Crippen LogP contribution in [0.4, 0.5) is 24.7 Å². The van der Waals surface area contributed by atoms with Crippen LogP contribution in [0.25, 0.3) is 0 Å². The standard InChI is InChI=1S/C23H22ClF3N4O3/c1-12-4-6-13(7-5-12)15-11-18(23(25,26)27)31-21(29-15)19(24)20(30-31)22(32)28-14-8-9-16(33-2)17(10-14)34-3/h4-10,15,18,29H,11H2,1-3H3,(H,28,32)/t15-,18-/m0/s1. The zero-order valence-electron chi connectivity index (χ0n) is 18.5. The molecule has 4 rings (SSSR count). The molecule has 0 fully saturated rings. The Hall–Kier alpha value is -3.40. The van der Waals surface area contributed by atoms with Crippen LogP contribution in [-0.2, 0) is 0 Å². The van der Waals surface area contributed by atoms with Gasteiger partial charge in [-0.2, -0.15) is 18.3 Å². The average Bonchev–Trinajstić information content (AvgIpc) is 3.14. The van der Waals surface area contributed by atoms with Crippen LogP contribution in [0, 0.1) is 6.92 Å². The summed E-state index contributed by atoms with van der Waals surface area (Å²) in [5, 5.41) is 9.38. The molecule has 1 aliphatic rings. The van der Waals surface area contributed by atoms with Crippen molar-refractivity contribution in [2.75, 3.05) is 24.9 Å². The maximum atomic E-state index is 14.0. The van der Waals surface area contributed by atoms with Crippen LogP contribution in [0.1, 0.15) is 40.1 Å². The monoisotopic (exact) mass is 494 g/mol. The lowest BCUT2D eigenvalue weighted by molar-refractivity contribution is -0.173. The van der Waals surface area contributed by atoms with Crippen LogP contribution in [0.3, 0.4) is 0 Å². The van der Waals surface area contributed by atoms with Crippen molar-refractivity contribution in [3.8, 4) is 11.5 Å². The van der Waals surface area contributed by atoms with Gasteiger partial charge in [-0.05, 0) is 24.6 Å². The van der Waals surface area contributed by atoms with E-state index in [1.54, 1.807) is 24.3 Å². The van der Waals surface area contributed by atoms with Gasteiger partial charge in [0, 0.05) is 18.2 Å². The number of nitrogens with one attached hydrogen (secondary N) is 2. The fourth-order valence-corrected chi connectivity index (χ4v) is 4.12. The number of aryl methyl sites for hydroxylation is 1. The lowest BCUT2D eigenvalue weighted by Crippen LogP contribution is -2.35. The summed E-state index contributed by atoms with van der Waals surface area (Å²) in [6, 6.07) is 9.26.